The van der Waals surface area contributed by atoms with E-state index in [0.29, 0.717) is 19.4 Å². The Hall–Kier alpha value is -1.92. The first-order chi connectivity index (χ1) is 33.5. The number of nitrogens with one attached hydrogen (secondary N) is 1. The number of rotatable bonds is 56. The van der Waals surface area contributed by atoms with Crippen molar-refractivity contribution in [3.63, 3.8) is 0 Å². The maximum Gasteiger partial charge on any atom is 0.305 e. The van der Waals surface area contributed by atoms with Crippen molar-refractivity contribution in [2.24, 2.45) is 0 Å². The highest BCUT2D eigenvalue weighted by molar-refractivity contribution is 5.76. The first-order valence-corrected chi connectivity index (χ1v) is 30.3. The lowest BCUT2D eigenvalue weighted by Gasteiger charge is -2.20. The van der Waals surface area contributed by atoms with Crippen LogP contribution in [0.3, 0.4) is 0 Å². The standard InChI is InChI=1S/C62H117NO5/c1-3-5-7-9-11-13-15-17-19-23-27-30-34-38-42-46-50-54-60(65)59(58-64)63-61(66)55-51-47-43-39-35-31-28-24-21-20-22-25-29-33-37-41-45-49-53-57-68-62(67)56-52-48-44-40-36-32-26-18-16-14-12-10-8-6-4-2/h25,29,33,37,50,54,59-60,64-65H,3-24,26-28,30-32,34-36,38-49,51-53,55-58H2,1-2H3,(H,63,66)/b29-25-,37-33-,54-50+. The largest absolute Gasteiger partial charge is 0.466 e. The summed E-state index contributed by atoms with van der Waals surface area (Å²) in [5, 5.41) is 23.1. The second-order valence-electron chi connectivity index (χ2n) is 20.7. The minimum absolute atomic E-state index is 0.0112. The predicted molar refractivity (Wildman–Crippen MR) is 296 cm³/mol. The van der Waals surface area contributed by atoms with Crippen LogP contribution < -0.4 is 5.32 Å². The highest BCUT2D eigenvalue weighted by atomic mass is 16.5. The molecular weight excluding hydrogens is 839 g/mol. The Labute approximate surface area is 424 Å². The van der Waals surface area contributed by atoms with Gasteiger partial charge in [-0.25, -0.2) is 0 Å². The number of aliphatic hydroxyl groups excluding tert-OH is 2. The van der Waals surface area contributed by atoms with Crippen molar-refractivity contribution in [1.29, 1.82) is 0 Å². The number of carbonyl (C=O) groups is 2. The van der Waals surface area contributed by atoms with E-state index in [4.69, 9.17) is 4.74 Å². The lowest BCUT2D eigenvalue weighted by atomic mass is 10.0. The van der Waals surface area contributed by atoms with Crippen LogP contribution in [0.2, 0.25) is 0 Å². The molecule has 0 saturated carbocycles. The van der Waals surface area contributed by atoms with Crippen LogP contribution in [0.5, 0.6) is 0 Å². The number of allylic oxidation sites excluding steroid dienone is 5. The summed E-state index contributed by atoms with van der Waals surface area (Å²) in [6.07, 6.45) is 71.7. The number of esters is 1. The molecule has 0 aliphatic rings. The quantitative estimate of drug-likeness (QED) is 0.0244. The summed E-state index contributed by atoms with van der Waals surface area (Å²) in [5.41, 5.74) is 0. The van der Waals surface area contributed by atoms with Crippen LogP contribution in [-0.2, 0) is 14.3 Å². The van der Waals surface area contributed by atoms with Gasteiger partial charge in [0.1, 0.15) is 0 Å². The van der Waals surface area contributed by atoms with E-state index in [1.54, 1.807) is 6.08 Å². The highest BCUT2D eigenvalue weighted by Gasteiger charge is 2.18. The molecule has 0 rings (SSSR count). The SMILES string of the molecule is CCCCCCCCCCCCCCCCC/C=C/C(O)C(CO)NC(=O)CCCCCCCCCCCC/C=C\C=C/CCCCCOC(=O)CCCCCCCCCCCCCCCCC. The molecule has 6 nitrogen and oxygen atoms in total. The van der Waals surface area contributed by atoms with Gasteiger partial charge in [0.2, 0.25) is 5.91 Å². The Morgan fingerprint density at radius 2 is 0.721 bits per heavy atom. The van der Waals surface area contributed by atoms with Crippen molar-refractivity contribution in [1.82, 2.24) is 5.32 Å². The van der Waals surface area contributed by atoms with E-state index in [-0.39, 0.29) is 18.5 Å². The van der Waals surface area contributed by atoms with Crippen LogP contribution >= 0.6 is 0 Å². The van der Waals surface area contributed by atoms with Gasteiger partial charge >= 0.3 is 5.97 Å². The molecule has 2 atom stereocenters. The van der Waals surface area contributed by atoms with Crippen molar-refractivity contribution in [3.8, 4) is 0 Å². The zero-order chi connectivity index (χ0) is 49.3. The molecule has 0 aliphatic carbocycles. The molecule has 2 unspecified atom stereocenters. The second kappa shape index (κ2) is 57.7. The van der Waals surface area contributed by atoms with Crippen molar-refractivity contribution >= 4 is 11.9 Å². The van der Waals surface area contributed by atoms with Crippen LogP contribution in [-0.4, -0.2) is 47.4 Å². The number of ether oxygens (including phenoxy) is 1. The fourth-order valence-corrected chi connectivity index (χ4v) is 9.27. The average molecular weight is 957 g/mol. The van der Waals surface area contributed by atoms with E-state index < -0.39 is 12.1 Å². The molecule has 0 radical (unpaired) electrons. The minimum atomic E-state index is -0.852. The normalized spacial score (nSPS) is 12.8. The van der Waals surface area contributed by atoms with Gasteiger partial charge in [0.25, 0.3) is 0 Å². The molecule has 400 valence electrons. The molecule has 3 N–H and O–H groups in total. The molecule has 0 aromatic rings. The summed E-state index contributed by atoms with van der Waals surface area (Å²) >= 11 is 0. The van der Waals surface area contributed by atoms with Crippen LogP contribution in [0.1, 0.15) is 322 Å². The number of hydrogen-bond acceptors (Lipinski definition) is 5. The Kier molecular flexibility index (Phi) is 56.0. The van der Waals surface area contributed by atoms with E-state index in [2.05, 4.69) is 43.5 Å². The molecule has 0 bridgehead atoms. The van der Waals surface area contributed by atoms with Gasteiger partial charge in [-0.15, -0.1) is 0 Å². The Morgan fingerprint density at radius 1 is 0.412 bits per heavy atom. The number of hydrogen-bond donors (Lipinski definition) is 3. The number of carbonyl (C=O) groups excluding carboxylic acids is 2. The summed E-state index contributed by atoms with van der Waals surface area (Å²) < 4.78 is 5.46. The average Bonchev–Trinajstić information content (AvgIpc) is 3.34. The molecule has 0 fully saturated rings. The minimum Gasteiger partial charge on any atom is -0.466 e. The van der Waals surface area contributed by atoms with Crippen LogP contribution in [0.25, 0.3) is 0 Å². The Bertz CT molecular complexity index is 1100. The van der Waals surface area contributed by atoms with Crippen LogP contribution in [0.15, 0.2) is 36.5 Å². The molecule has 6 heteroatoms. The van der Waals surface area contributed by atoms with Crippen LogP contribution in [0, 0.1) is 0 Å². The number of aliphatic hydroxyl groups is 2. The zero-order valence-electron chi connectivity index (χ0n) is 45.6. The third-order valence-electron chi connectivity index (χ3n) is 13.9. The van der Waals surface area contributed by atoms with Crippen molar-refractivity contribution in [2.75, 3.05) is 13.2 Å². The fraction of sp³-hybridized carbons (Fsp3) is 0.871. The van der Waals surface area contributed by atoms with Crippen molar-refractivity contribution in [2.45, 2.75) is 334 Å². The summed E-state index contributed by atoms with van der Waals surface area (Å²) in [4.78, 5) is 24.5. The lowest BCUT2D eigenvalue weighted by molar-refractivity contribution is -0.143. The van der Waals surface area contributed by atoms with Gasteiger partial charge in [-0.1, -0.05) is 281 Å². The van der Waals surface area contributed by atoms with Gasteiger partial charge in [-0.05, 0) is 64.2 Å². The second-order valence-corrected chi connectivity index (χ2v) is 20.7. The molecule has 1 amide bonds. The summed E-state index contributed by atoms with van der Waals surface area (Å²) in [7, 11) is 0. The predicted octanol–water partition coefficient (Wildman–Crippen LogP) is 18.8. The maximum atomic E-state index is 12.5. The molecule has 0 aromatic carbocycles. The van der Waals surface area contributed by atoms with E-state index in [1.165, 1.54) is 218 Å². The lowest BCUT2D eigenvalue weighted by Crippen LogP contribution is -2.45. The summed E-state index contributed by atoms with van der Waals surface area (Å²) in [5.74, 6) is -0.0875. The molecule has 0 saturated heterocycles. The molecule has 68 heavy (non-hydrogen) atoms. The van der Waals surface area contributed by atoms with Gasteiger partial charge in [-0.2, -0.15) is 0 Å². The maximum absolute atomic E-state index is 12.5. The molecule has 0 aromatic heterocycles. The van der Waals surface area contributed by atoms with Gasteiger partial charge in [0, 0.05) is 12.8 Å². The van der Waals surface area contributed by atoms with Gasteiger partial charge in [-0.3, -0.25) is 9.59 Å². The first kappa shape index (κ1) is 66.1. The topological polar surface area (TPSA) is 95.9 Å². The van der Waals surface area contributed by atoms with Crippen molar-refractivity contribution in [3.05, 3.63) is 36.5 Å². The Morgan fingerprint density at radius 3 is 1.09 bits per heavy atom. The summed E-state index contributed by atoms with van der Waals surface area (Å²) in [6.45, 7) is 4.88. The number of unbranched alkanes of at least 4 members (excludes halogenated alkanes) is 42. The van der Waals surface area contributed by atoms with Gasteiger partial charge in [0.15, 0.2) is 0 Å². The molecule has 0 aliphatic heterocycles. The smallest absolute Gasteiger partial charge is 0.305 e. The monoisotopic (exact) mass is 956 g/mol. The van der Waals surface area contributed by atoms with E-state index in [9.17, 15) is 19.8 Å². The van der Waals surface area contributed by atoms with E-state index >= 15 is 0 Å². The number of amides is 1. The van der Waals surface area contributed by atoms with E-state index in [1.807, 2.05) is 6.08 Å². The third kappa shape index (κ3) is 53.4. The first-order valence-electron chi connectivity index (χ1n) is 30.3. The van der Waals surface area contributed by atoms with Crippen molar-refractivity contribution < 1.29 is 24.5 Å². The third-order valence-corrected chi connectivity index (χ3v) is 13.9. The molecule has 0 heterocycles. The van der Waals surface area contributed by atoms with E-state index in [0.717, 1.165) is 77.0 Å². The van der Waals surface area contributed by atoms with Crippen LogP contribution in [0.4, 0.5) is 0 Å². The van der Waals surface area contributed by atoms with Gasteiger partial charge in [0.05, 0.1) is 25.4 Å². The summed E-state index contributed by atoms with van der Waals surface area (Å²) in [6, 6.07) is -0.636. The molecular formula is C62H117NO5. The van der Waals surface area contributed by atoms with Gasteiger partial charge < -0.3 is 20.3 Å². The zero-order valence-corrected chi connectivity index (χ0v) is 45.6. The Balaban J connectivity index is 3.50. The fourth-order valence-electron chi connectivity index (χ4n) is 9.27. The highest BCUT2D eigenvalue weighted by Crippen LogP contribution is 2.17. The molecule has 0 spiro atoms.